The molecule has 17 heavy (non-hydrogen) atoms. The Labute approximate surface area is 110 Å². The molecule has 90 valence electrons. The summed E-state index contributed by atoms with van der Waals surface area (Å²) in [6, 6.07) is 4.17. The van der Waals surface area contributed by atoms with Gasteiger partial charge in [-0.1, -0.05) is 0 Å². The molecule has 0 heterocycles. The Bertz CT molecular complexity index is 489. The number of primary amides is 1. The van der Waals surface area contributed by atoms with Crippen LogP contribution in [0.3, 0.4) is 0 Å². The molecule has 0 aliphatic rings. The number of nitro benzene ring substituents is 1. The van der Waals surface area contributed by atoms with E-state index in [1.807, 2.05) is 22.6 Å². The maximum Gasteiger partial charge on any atom is 0.283 e. The summed E-state index contributed by atoms with van der Waals surface area (Å²) in [5.41, 5.74) is 4.45. The first-order valence-corrected chi connectivity index (χ1v) is 5.50. The van der Waals surface area contributed by atoms with Crippen LogP contribution in [0.4, 0.5) is 5.69 Å². The molecule has 0 atom stereocenters. The second-order valence-corrected chi connectivity index (χ2v) is 4.31. The van der Waals surface area contributed by atoms with Gasteiger partial charge >= 0.3 is 0 Å². The lowest BCUT2D eigenvalue weighted by atomic mass is 10.1. The number of carbonyl (C=O) groups is 2. The van der Waals surface area contributed by atoms with Gasteiger partial charge in [-0.2, -0.15) is 0 Å². The Morgan fingerprint density at radius 3 is 2.65 bits per heavy atom. The van der Waals surface area contributed by atoms with E-state index in [0.717, 1.165) is 0 Å². The standard InChI is InChI=1S/C9H8IN3O4/c10-5-1-2-6(7(3-5)13(16)17)9(15)12-4-8(11)14/h1-3H,4H2,(H2,11,14)(H,12,15). The Balaban J connectivity index is 3.00. The van der Waals surface area contributed by atoms with E-state index < -0.39 is 16.7 Å². The minimum Gasteiger partial charge on any atom is -0.368 e. The van der Waals surface area contributed by atoms with Crippen LogP contribution in [-0.2, 0) is 4.79 Å². The van der Waals surface area contributed by atoms with Crippen LogP contribution in [0, 0.1) is 13.7 Å². The number of nitrogens with one attached hydrogen (secondary N) is 1. The molecule has 7 nitrogen and oxygen atoms in total. The molecule has 1 aromatic rings. The number of hydrogen-bond acceptors (Lipinski definition) is 4. The van der Waals surface area contributed by atoms with Gasteiger partial charge in [0.15, 0.2) is 0 Å². The van der Waals surface area contributed by atoms with Crippen LogP contribution in [0.25, 0.3) is 0 Å². The third-order valence-electron chi connectivity index (χ3n) is 1.82. The number of carbonyl (C=O) groups excluding carboxylic acids is 2. The fourth-order valence-corrected chi connectivity index (χ4v) is 1.59. The summed E-state index contributed by atoms with van der Waals surface area (Å²) < 4.78 is 0.640. The van der Waals surface area contributed by atoms with E-state index >= 15 is 0 Å². The molecule has 0 radical (unpaired) electrons. The quantitative estimate of drug-likeness (QED) is 0.465. The zero-order valence-electron chi connectivity index (χ0n) is 8.47. The maximum absolute atomic E-state index is 11.6. The first-order valence-electron chi connectivity index (χ1n) is 4.42. The Morgan fingerprint density at radius 2 is 2.12 bits per heavy atom. The van der Waals surface area contributed by atoms with E-state index in [1.54, 1.807) is 6.07 Å². The smallest absolute Gasteiger partial charge is 0.283 e. The number of amides is 2. The molecule has 0 bridgehead atoms. The topological polar surface area (TPSA) is 115 Å². The number of benzene rings is 1. The predicted molar refractivity (Wildman–Crippen MR) is 67.3 cm³/mol. The fourth-order valence-electron chi connectivity index (χ4n) is 1.11. The summed E-state index contributed by atoms with van der Waals surface area (Å²) in [7, 11) is 0. The molecule has 0 spiro atoms. The highest BCUT2D eigenvalue weighted by atomic mass is 127. The van der Waals surface area contributed by atoms with E-state index in [1.165, 1.54) is 12.1 Å². The number of nitrogens with two attached hydrogens (primary N) is 1. The summed E-state index contributed by atoms with van der Waals surface area (Å²) >= 11 is 1.90. The SMILES string of the molecule is NC(=O)CNC(=O)c1ccc(I)cc1[N+](=O)[O-]. The molecule has 3 N–H and O–H groups in total. The van der Waals surface area contributed by atoms with Gasteiger partial charge in [-0.3, -0.25) is 19.7 Å². The highest BCUT2D eigenvalue weighted by Gasteiger charge is 2.20. The molecule has 1 aromatic carbocycles. The average Bonchev–Trinajstić information content (AvgIpc) is 2.25. The van der Waals surface area contributed by atoms with Gasteiger partial charge in [-0.25, -0.2) is 0 Å². The maximum atomic E-state index is 11.6. The van der Waals surface area contributed by atoms with Crippen molar-refractivity contribution in [3.63, 3.8) is 0 Å². The lowest BCUT2D eigenvalue weighted by molar-refractivity contribution is -0.385. The average molecular weight is 349 g/mol. The summed E-state index contributed by atoms with van der Waals surface area (Å²) in [6.45, 7) is -0.359. The van der Waals surface area contributed by atoms with Crippen LogP contribution in [0.2, 0.25) is 0 Å². The van der Waals surface area contributed by atoms with Gasteiger partial charge in [0.05, 0.1) is 11.5 Å². The molecular weight excluding hydrogens is 341 g/mol. The van der Waals surface area contributed by atoms with Crippen molar-refractivity contribution in [2.45, 2.75) is 0 Å². The molecule has 0 aliphatic heterocycles. The normalized spacial score (nSPS) is 9.71. The van der Waals surface area contributed by atoms with Crippen molar-refractivity contribution in [1.82, 2.24) is 5.32 Å². The van der Waals surface area contributed by atoms with E-state index in [-0.39, 0.29) is 17.8 Å². The number of nitro groups is 1. The van der Waals surface area contributed by atoms with Gasteiger partial charge in [-0.05, 0) is 34.7 Å². The lowest BCUT2D eigenvalue weighted by Crippen LogP contribution is -2.33. The van der Waals surface area contributed by atoms with Gasteiger partial charge < -0.3 is 11.1 Å². The van der Waals surface area contributed by atoms with Crippen molar-refractivity contribution in [3.05, 3.63) is 37.4 Å². The summed E-state index contributed by atoms with van der Waals surface area (Å²) in [6.07, 6.45) is 0. The zero-order valence-corrected chi connectivity index (χ0v) is 10.6. The molecule has 0 unspecified atom stereocenters. The Hall–Kier alpha value is -1.71. The molecule has 0 aromatic heterocycles. The number of nitrogens with zero attached hydrogens (tertiary/aromatic N) is 1. The third kappa shape index (κ3) is 3.66. The zero-order chi connectivity index (χ0) is 13.0. The highest BCUT2D eigenvalue weighted by molar-refractivity contribution is 14.1. The van der Waals surface area contributed by atoms with Crippen LogP contribution >= 0.6 is 22.6 Å². The first kappa shape index (κ1) is 13.4. The van der Waals surface area contributed by atoms with Crippen LogP contribution in [0.1, 0.15) is 10.4 Å². The molecule has 2 amide bonds. The third-order valence-corrected chi connectivity index (χ3v) is 2.50. The summed E-state index contributed by atoms with van der Waals surface area (Å²) in [5.74, 6) is -1.42. The van der Waals surface area contributed by atoms with E-state index in [2.05, 4.69) is 5.32 Å². The van der Waals surface area contributed by atoms with Gasteiger partial charge in [0.25, 0.3) is 11.6 Å². The van der Waals surface area contributed by atoms with Crippen molar-refractivity contribution >= 4 is 40.1 Å². The number of rotatable bonds is 4. The van der Waals surface area contributed by atoms with Crippen molar-refractivity contribution in [2.75, 3.05) is 6.54 Å². The fraction of sp³-hybridized carbons (Fsp3) is 0.111. The second kappa shape index (κ2) is 5.57. The molecule has 0 fully saturated rings. The number of halogens is 1. The van der Waals surface area contributed by atoms with Crippen molar-refractivity contribution in [3.8, 4) is 0 Å². The molecule has 1 rings (SSSR count). The molecule has 0 saturated carbocycles. The van der Waals surface area contributed by atoms with Crippen LogP contribution in [-0.4, -0.2) is 23.3 Å². The van der Waals surface area contributed by atoms with Gasteiger partial charge in [0.1, 0.15) is 5.56 Å². The first-order chi connectivity index (χ1) is 7.91. The van der Waals surface area contributed by atoms with E-state index in [4.69, 9.17) is 5.73 Å². The van der Waals surface area contributed by atoms with E-state index in [9.17, 15) is 19.7 Å². The van der Waals surface area contributed by atoms with E-state index in [0.29, 0.717) is 3.57 Å². The highest BCUT2D eigenvalue weighted by Crippen LogP contribution is 2.21. The van der Waals surface area contributed by atoms with Gasteiger partial charge in [0, 0.05) is 9.64 Å². The number of hydrogen-bond donors (Lipinski definition) is 2. The van der Waals surface area contributed by atoms with Crippen LogP contribution in [0.15, 0.2) is 18.2 Å². The van der Waals surface area contributed by atoms with Crippen molar-refractivity contribution in [2.24, 2.45) is 5.73 Å². The van der Waals surface area contributed by atoms with Gasteiger partial charge in [0.2, 0.25) is 5.91 Å². The van der Waals surface area contributed by atoms with Crippen LogP contribution in [0.5, 0.6) is 0 Å². The minimum atomic E-state index is -0.716. The molecule has 0 aliphatic carbocycles. The Morgan fingerprint density at radius 1 is 1.47 bits per heavy atom. The molecular formula is C9H8IN3O4. The second-order valence-electron chi connectivity index (χ2n) is 3.07. The molecule has 8 heteroatoms. The Kier molecular flexibility index (Phi) is 4.37. The van der Waals surface area contributed by atoms with Crippen molar-refractivity contribution in [1.29, 1.82) is 0 Å². The monoisotopic (exact) mass is 349 g/mol. The predicted octanol–water partition coefficient (Wildman–Crippen LogP) is 0.414. The van der Waals surface area contributed by atoms with Gasteiger partial charge in [-0.15, -0.1) is 0 Å². The largest absolute Gasteiger partial charge is 0.368 e. The lowest BCUT2D eigenvalue weighted by Gasteiger charge is -2.04. The molecule has 0 saturated heterocycles. The van der Waals surface area contributed by atoms with Crippen LogP contribution < -0.4 is 11.1 Å². The summed E-state index contributed by atoms with van der Waals surface area (Å²) in [5, 5.41) is 12.9. The van der Waals surface area contributed by atoms with Crippen molar-refractivity contribution < 1.29 is 14.5 Å². The minimum absolute atomic E-state index is 0.100. The summed E-state index contributed by atoms with van der Waals surface area (Å²) in [4.78, 5) is 32.1.